The summed E-state index contributed by atoms with van der Waals surface area (Å²) in [5.74, 6) is -0.0938. The molecule has 2 amide bonds. The fraction of sp³-hybridized carbons (Fsp3) is 0.235. The van der Waals surface area contributed by atoms with E-state index >= 15 is 0 Å². The van der Waals surface area contributed by atoms with Crippen molar-refractivity contribution in [1.82, 2.24) is 10.3 Å². The second kappa shape index (κ2) is 9.26. The van der Waals surface area contributed by atoms with E-state index in [1.54, 1.807) is 18.2 Å². The van der Waals surface area contributed by atoms with Crippen molar-refractivity contribution in [3.8, 4) is 0 Å². The molecule has 1 aromatic carbocycles. The van der Waals surface area contributed by atoms with Crippen LogP contribution in [0.3, 0.4) is 0 Å². The molecule has 2 rings (SSSR count). The molecule has 0 spiro atoms. The maximum absolute atomic E-state index is 12.1. The van der Waals surface area contributed by atoms with E-state index in [0.29, 0.717) is 25.6 Å². The van der Waals surface area contributed by atoms with Gasteiger partial charge in [-0.2, -0.15) is 0 Å². The van der Waals surface area contributed by atoms with Gasteiger partial charge in [-0.3, -0.25) is 5.41 Å². The number of nitrogens with two attached hydrogens (primary N) is 1. The molecule has 1 heterocycles. The highest BCUT2D eigenvalue weighted by Gasteiger charge is 2.18. The molecule has 0 fully saturated rings. The molecule has 7 heteroatoms. The Balaban J connectivity index is 1.71. The molecular weight excluding hydrogens is 306 g/mol. The van der Waals surface area contributed by atoms with Crippen LogP contribution in [0.15, 0.2) is 54.7 Å². The number of benzene rings is 1. The number of rotatable bonds is 7. The zero-order chi connectivity index (χ0) is 17.2. The predicted octanol–water partition coefficient (Wildman–Crippen LogP) is 1.75. The lowest BCUT2D eigenvalue weighted by Crippen LogP contribution is -2.48. The summed E-state index contributed by atoms with van der Waals surface area (Å²) in [6.07, 6.45) is 2.35. The van der Waals surface area contributed by atoms with Crippen LogP contribution in [0.25, 0.3) is 0 Å². The molecule has 24 heavy (non-hydrogen) atoms. The van der Waals surface area contributed by atoms with Gasteiger partial charge in [-0.25, -0.2) is 14.7 Å². The molecule has 4 N–H and O–H groups in total. The van der Waals surface area contributed by atoms with Crippen LogP contribution in [0.5, 0.6) is 0 Å². The Morgan fingerprint density at radius 3 is 2.58 bits per heavy atom. The van der Waals surface area contributed by atoms with Gasteiger partial charge in [0.05, 0.1) is 13.2 Å². The van der Waals surface area contributed by atoms with Crippen LogP contribution >= 0.6 is 0 Å². The van der Waals surface area contributed by atoms with Crippen LogP contribution < -0.4 is 16.0 Å². The summed E-state index contributed by atoms with van der Waals surface area (Å²) in [4.78, 5) is 17.2. The van der Waals surface area contributed by atoms with Crippen LogP contribution in [0.4, 0.5) is 10.6 Å². The molecular formula is C17H21N5O2. The van der Waals surface area contributed by atoms with E-state index in [9.17, 15) is 4.79 Å². The number of nitrogens with zero attached hydrogens (tertiary/aromatic N) is 2. The lowest BCUT2D eigenvalue weighted by molar-refractivity contribution is 0.140. The number of carbonyl (C=O) groups is 1. The van der Waals surface area contributed by atoms with Gasteiger partial charge >= 0.3 is 6.03 Å². The third-order valence-corrected chi connectivity index (χ3v) is 3.22. The van der Waals surface area contributed by atoms with Crippen LogP contribution in [0.2, 0.25) is 0 Å². The number of ether oxygens (including phenoxy) is 1. The van der Waals surface area contributed by atoms with Crippen molar-refractivity contribution in [1.29, 1.82) is 5.41 Å². The van der Waals surface area contributed by atoms with Crippen LogP contribution in [0, 0.1) is 5.41 Å². The third kappa shape index (κ3) is 5.36. The Labute approximate surface area is 141 Å². The molecule has 0 saturated heterocycles. The predicted molar refractivity (Wildman–Crippen MR) is 93.0 cm³/mol. The lowest BCUT2D eigenvalue weighted by atomic mass is 10.2. The summed E-state index contributed by atoms with van der Waals surface area (Å²) in [6.45, 7) is 1.29. The zero-order valence-electron chi connectivity index (χ0n) is 13.3. The van der Waals surface area contributed by atoms with E-state index < -0.39 is 12.0 Å². The maximum atomic E-state index is 12.1. The molecule has 0 aliphatic rings. The number of nitrogens with one attached hydrogen (secondary N) is 2. The average Bonchev–Trinajstić information content (AvgIpc) is 2.59. The van der Waals surface area contributed by atoms with E-state index in [1.165, 1.54) is 11.8 Å². The first-order valence-electron chi connectivity index (χ1n) is 7.63. The molecule has 0 unspecified atom stereocenters. The summed E-state index contributed by atoms with van der Waals surface area (Å²) in [7, 11) is 0. The Hall–Kier alpha value is -2.93. The van der Waals surface area contributed by atoms with Gasteiger partial charge < -0.3 is 15.8 Å². The summed E-state index contributed by atoms with van der Waals surface area (Å²) < 4.78 is 5.50. The first-order valence-corrected chi connectivity index (χ1v) is 7.63. The average molecular weight is 327 g/mol. The monoisotopic (exact) mass is 327 g/mol. The number of aromatic nitrogens is 1. The quantitative estimate of drug-likeness (QED) is 0.409. The van der Waals surface area contributed by atoms with Crippen molar-refractivity contribution in [3.05, 3.63) is 60.3 Å². The molecule has 126 valence electrons. The number of urea groups is 1. The minimum absolute atomic E-state index is 0.299. The number of amides is 2. The minimum Gasteiger partial charge on any atom is -0.379 e. The summed E-state index contributed by atoms with van der Waals surface area (Å²) in [6, 6.07) is 14.6. The Kier molecular flexibility index (Phi) is 6.73. The molecule has 0 aliphatic heterocycles. The third-order valence-electron chi connectivity index (χ3n) is 3.22. The lowest BCUT2D eigenvalue weighted by Gasteiger charge is -2.19. The van der Waals surface area contributed by atoms with Crippen molar-refractivity contribution >= 4 is 17.8 Å². The Morgan fingerprint density at radius 2 is 1.92 bits per heavy atom. The van der Waals surface area contributed by atoms with Crippen LogP contribution in [-0.2, 0) is 11.2 Å². The number of anilines is 1. The molecule has 1 aromatic heterocycles. The van der Waals surface area contributed by atoms with E-state index in [2.05, 4.69) is 10.3 Å². The molecule has 2 aromatic rings. The van der Waals surface area contributed by atoms with Crippen molar-refractivity contribution in [2.24, 2.45) is 5.73 Å². The summed E-state index contributed by atoms with van der Waals surface area (Å²) in [5, 5.41) is 10.2. The topological polar surface area (TPSA) is 104 Å². The SMILES string of the molecule is N=C(N)N(C(=O)NCCOCCc1ccccc1)c1ccccn1. The van der Waals surface area contributed by atoms with E-state index in [1.807, 2.05) is 30.3 Å². The van der Waals surface area contributed by atoms with Crippen molar-refractivity contribution in [3.63, 3.8) is 0 Å². The van der Waals surface area contributed by atoms with E-state index in [4.69, 9.17) is 15.9 Å². The molecule has 0 saturated carbocycles. The molecule has 0 atom stereocenters. The fourth-order valence-corrected chi connectivity index (χ4v) is 2.07. The van der Waals surface area contributed by atoms with Crippen molar-refractivity contribution < 1.29 is 9.53 Å². The largest absolute Gasteiger partial charge is 0.379 e. The minimum atomic E-state index is -0.507. The van der Waals surface area contributed by atoms with Gasteiger partial charge in [0.15, 0.2) is 0 Å². The van der Waals surface area contributed by atoms with Gasteiger partial charge in [-0.15, -0.1) is 0 Å². The number of pyridine rings is 1. The highest BCUT2D eigenvalue weighted by atomic mass is 16.5. The second-order valence-corrected chi connectivity index (χ2v) is 4.99. The van der Waals surface area contributed by atoms with Crippen LogP contribution in [0.1, 0.15) is 5.56 Å². The zero-order valence-corrected chi connectivity index (χ0v) is 13.3. The molecule has 7 nitrogen and oxygen atoms in total. The second-order valence-electron chi connectivity index (χ2n) is 4.99. The Morgan fingerprint density at radius 1 is 1.17 bits per heavy atom. The molecule has 0 bridgehead atoms. The van der Waals surface area contributed by atoms with Gasteiger partial charge in [-0.1, -0.05) is 36.4 Å². The number of hydrogen-bond donors (Lipinski definition) is 3. The standard InChI is InChI=1S/C17H21N5O2/c18-16(19)22(15-8-4-5-10-20-15)17(23)21-11-13-24-12-9-14-6-2-1-3-7-14/h1-8,10H,9,11-13H2,(H3,18,19)(H,21,23). The molecule has 0 aliphatic carbocycles. The normalized spacial score (nSPS) is 10.2. The molecule has 0 radical (unpaired) electrons. The maximum Gasteiger partial charge on any atom is 0.330 e. The van der Waals surface area contributed by atoms with Crippen molar-refractivity contribution in [2.75, 3.05) is 24.7 Å². The highest BCUT2D eigenvalue weighted by molar-refractivity contribution is 6.13. The smallest absolute Gasteiger partial charge is 0.330 e. The first-order chi connectivity index (χ1) is 11.7. The summed E-state index contributed by atoms with van der Waals surface area (Å²) >= 11 is 0. The van der Waals surface area contributed by atoms with E-state index in [0.717, 1.165) is 11.3 Å². The van der Waals surface area contributed by atoms with Gasteiger partial charge in [0, 0.05) is 12.7 Å². The van der Waals surface area contributed by atoms with E-state index in [-0.39, 0.29) is 0 Å². The number of guanidine groups is 1. The van der Waals surface area contributed by atoms with Crippen molar-refractivity contribution in [2.45, 2.75) is 6.42 Å². The van der Waals surface area contributed by atoms with Crippen LogP contribution in [-0.4, -0.2) is 36.7 Å². The number of hydrogen-bond acceptors (Lipinski definition) is 4. The van der Waals surface area contributed by atoms with Gasteiger partial charge in [0.1, 0.15) is 5.82 Å². The number of carbonyl (C=O) groups excluding carboxylic acids is 1. The summed E-state index contributed by atoms with van der Waals surface area (Å²) in [5.41, 5.74) is 6.67. The van der Waals surface area contributed by atoms with Gasteiger partial charge in [0.2, 0.25) is 5.96 Å². The Bertz CT molecular complexity index is 649. The van der Waals surface area contributed by atoms with Gasteiger partial charge in [-0.05, 0) is 24.1 Å². The highest BCUT2D eigenvalue weighted by Crippen LogP contribution is 2.08. The van der Waals surface area contributed by atoms with Gasteiger partial charge in [0.25, 0.3) is 0 Å². The first kappa shape index (κ1) is 17.4. The fourth-order valence-electron chi connectivity index (χ4n) is 2.07.